The van der Waals surface area contributed by atoms with Gasteiger partial charge in [0.2, 0.25) is 5.91 Å². The van der Waals surface area contributed by atoms with Crippen molar-refractivity contribution in [2.24, 2.45) is 5.92 Å². The SMILES string of the molecule is C[C@@H]1CCCCO[C@@H](CN(C)C(=O)CCCN(C)C)[C@@H](C)CN([C@H](C)CO)C(=O)c2cc(NC(=O)NC3CCCCC3)ccc2O1. The molecule has 11 heteroatoms. The normalized spacial score (nSPS) is 22.7. The molecule has 1 aromatic rings. The Kier molecular flexibility index (Phi) is 15.6. The van der Waals surface area contributed by atoms with Gasteiger partial charge in [-0.15, -0.1) is 0 Å². The van der Waals surface area contributed by atoms with Gasteiger partial charge in [0.15, 0.2) is 0 Å². The fourth-order valence-corrected chi connectivity index (χ4v) is 6.17. The monoisotopic (exact) mass is 645 g/mol. The lowest BCUT2D eigenvalue weighted by Crippen LogP contribution is -2.48. The molecule has 260 valence electrons. The van der Waals surface area contributed by atoms with Crippen LogP contribution in [0.4, 0.5) is 10.5 Å². The van der Waals surface area contributed by atoms with Crippen LogP contribution in [0.5, 0.6) is 5.75 Å². The Balaban J connectivity index is 1.84. The highest BCUT2D eigenvalue weighted by atomic mass is 16.5. The zero-order valence-corrected chi connectivity index (χ0v) is 29.1. The fourth-order valence-electron chi connectivity index (χ4n) is 6.17. The summed E-state index contributed by atoms with van der Waals surface area (Å²) >= 11 is 0. The summed E-state index contributed by atoms with van der Waals surface area (Å²) < 4.78 is 12.7. The average molecular weight is 646 g/mol. The Bertz CT molecular complexity index is 1110. The van der Waals surface area contributed by atoms with Crippen molar-refractivity contribution in [1.29, 1.82) is 0 Å². The minimum absolute atomic E-state index is 0.0705. The smallest absolute Gasteiger partial charge is 0.319 e. The maximum atomic E-state index is 14.3. The van der Waals surface area contributed by atoms with E-state index in [0.29, 0.717) is 43.1 Å². The molecule has 4 amide bonds. The van der Waals surface area contributed by atoms with E-state index in [1.165, 1.54) is 6.42 Å². The zero-order chi connectivity index (χ0) is 33.6. The summed E-state index contributed by atoms with van der Waals surface area (Å²) in [5.74, 6) is 0.0901. The number of aliphatic hydroxyl groups excluding tert-OH is 1. The summed E-state index contributed by atoms with van der Waals surface area (Å²) in [5, 5.41) is 16.2. The number of benzene rings is 1. The first-order valence-electron chi connectivity index (χ1n) is 17.3. The number of rotatable bonds is 10. The van der Waals surface area contributed by atoms with Crippen LogP contribution in [0.2, 0.25) is 0 Å². The molecule has 1 aromatic carbocycles. The molecule has 11 nitrogen and oxygen atoms in total. The van der Waals surface area contributed by atoms with Crippen molar-refractivity contribution in [2.45, 2.75) is 109 Å². The zero-order valence-electron chi connectivity index (χ0n) is 29.1. The van der Waals surface area contributed by atoms with E-state index in [1.54, 1.807) is 28.0 Å². The van der Waals surface area contributed by atoms with Gasteiger partial charge in [-0.05, 0) is 91.2 Å². The first-order valence-corrected chi connectivity index (χ1v) is 17.3. The van der Waals surface area contributed by atoms with Crippen molar-refractivity contribution in [2.75, 3.05) is 59.3 Å². The van der Waals surface area contributed by atoms with E-state index in [0.717, 1.165) is 57.9 Å². The molecule has 0 aromatic heterocycles. The molecule has 3 N–H and O–H groups in total. The van der Waals surface area contributed by atoms with Crippen LogP contribution in [0.25, 0.3) is 0 Å². The fraction of sp³-hybridized carbons (Fsp3) is 0.743. The lowest BCUT2D eigenvalue weighted by atomic mass is 9.96. The maximum Gasteiger partial charge on any atom is 0.319 e. The molecule has 0 radical (unpaired) electrons. The lowest BCUT2D eigenvalue weighted by molar-refractivity contribution is -0.132. The van der Waals surface area contributed by atoms with E-state index in [4.69, 9.17) is 9.47 Å². The number of likely N-dealkylation sites (N-methyl/N-ethyl adjacent to an activating group) is 1. The number of nitrogens with zero attached hydrogens (tertiary/aromatic N) is 3. The van der Waals surface area contributed by atoms with Gasteiger partial charge in [0.1, 0.15) is 5.75 Å². The average Bonchev–Trinajstić information content (AvgIpc) is 3.02. The number of fused-ring (bicyclic) bond motifs is 1. The van der Waals surface area contributed by atoms with Crippen LogP contribution >= 0.6 is 0 Å². The third kappa shape index (κ3) is 12.0. The predicted octanol–water partition coefficient (Wildman–Crippen LogP) is 4.74. The molecule has 1 saturated carbocycles. The molecule has 2 aliphatic rings. The Labute approximate surface area is 276 Å². The number of nitrogens with one attached hydrogen (secondary N) is 2. The minimum atomic E-state index is -0.481. The van der Waals surface area contributed by atoms with Crippen LogP contribution in [0.1, 0.15) is 95.3 Å². The third-order valence-electron chi connectivity index (χ3n) is 9.13. The number of amides is 4. The molecule has 1 heterocycles. The van der Waals surface area contributed by atoms with E-state index in [1.807, 2.05) is 41.9 Å². The van der Waals surface area contributed by atoms with E-state index < -0.39 is 6.04 Å². The largest absolute Gasteiger partial charge is 0.490 e. The lowest BCUT2D eigenvalue weighted by Gasteiger charge is -2.36. The predicted molar refractivity (Wildman–Crippen MR) is 181 cm³/mol. The van der Waals surface area contributed by atoms with Crippen LogP contribution in [-0.4, -0.2) is 116 Å². The Morgan fingerprint density at radius 3 is 2.48 bits per heavy atom. The Hall–Kier alpha value is -2.89. The van der Waals surface area contributed by atoms with Crippen LogP contribution in [0, 0.1) is 5.92 Å². The highest BCUT2D eigenvalue weighted by Crippen LogP contribution is 2.29. The molecule has 0 unspecified atom stereocenters. The quantitative estimate of drug-likeness (QED) is 0.336. The molecule has 46 heavy (non-hydrogen) atoms. The molecule has 1 fully saturated rings. The van der Waals surface area contributed by atoms with E-state index in [-0.39, 0.29) is 48.6 Å². The number of urea groups is 1. The van der Waals surface area contributed by atoms with Crippen LogP contribution in [-0.2, 0) is 9.53 Å². The summed E-state index contributed by atoms with van der Waals surface area (Å²) in [7, 11) is 5.81. The van der Waals surface area contributed by atoms with Gasteiger partial charge < -0.3 is 39.9 Å². The number of carbonyl (C=O) groups is 3. The maximum absolute atomic E-state index is 14.3. The third-order valence-corrected chi connectivity index (χ3v) is 9.13. The summed E-state index contributed by atoms with van der Waals surface area (Å²) in [4.78, 5) is 45.6. The molecular weight excluding hydrogens is 586 g/mol. The van der Waals surface area contributed by atoms with Gasteiger partial charge in [-0.1, -0.05) is 26.2 Å². The Morgan fingerprint density at radius 1 is 1.07 bits per heavy atom. The second-order valence-electron chi connectivity index (χ2n) is 13.6. The summed E-state index contributed by atoms with van der Waals surface area (Å²) in [6, 6.07) is 4.57. The van der Waals surface area contributed by atoms with Crippen molar-refractivity contribution < 1.29 is 29.0 Å². The summed E-state index contributed by atoms with van der Waals surface area (Å²) in [6.45, 7) is 7.72. The van der Waals surface area contributed by atoms with Gasteiger partial charge in [-0.25, -0.2) is 4.79 Å². The first kappa shape index (κ1) is 37.6. The second-order valence-corrected chi connectivity index (χ2v) is 13.6. The van der Waals surface area contributed by atoms with Crippen molar-refractivity contribution in [1.82, 2.24) is 20.0 Å². The molecule has 1 aliphatic carbocycles. The number of anilines is 1. The van der Waals surface area contributed by atoms with Crippen LogP contribution < -0.4 is 15.4 Å². The number of ether oxygens (including phenoxy) is 2. The molecule has 4 atom stereocenters. The highest BCUT2D eigenvalue weighted by Gasteiger charge is 2.31. The second kappa shape index (κ2) is 19.1. The Morgan fingerprint density at radius 2 is 1.78 bits per heavy atom. The van der Waals surface area contributed by atoms with Gasteiger partial charge in [0, 0.05) is 50.8 Å². The number of hydrogen-bond donors (Lipinski definition) is 3. The van der Waals surface area contributed by atoms with E-state index in [9.17, 15) is 19.5 Å². The van der Waals surface area contributed by atoms with Crippen molar-refractivity contribution in [3.05, 3.63) is 23.8 Å². The first-order chi connectivity index (χ1) is 22.0. The van der Waals surface area contributed by atoms with Crippen molar-refractivity contribution in [3.8, 4) is 5.75 Å². The van der Waals surface area contributed by atoms with E-state index in [2.05, 4.69) is 15.5 Å². The number of aliphatic hydroxyl groups is 1. The van der Waals surface area contributed by atoms with Crippen LogP contribution in [0.3, 0.4) is 0 Å². The molecule has 1 aliphatic heterocycles. The van der Waals surface area contributed by atoms with Crippen molar-refractivity contribution >= 4 is 23.5 Å². The van der Waals surface area contributed by atoms with E-state index >= 15 is 0 Å². The number of carbonyl (C=O) groups excluding carboxylic acids is 3. The molecule has 3 rings (SSSR count). The van der Waals surface area contributed by atoms with Gasteiger partial charge >= 0.3 is 6.03 Å². The molecular formula is C35H59N5O6. The van der Waals surface area contributed by atoms with Gasteiger partial charge in [-0.2, -0.15) is 0 Å². The summed E-state index contributed by atoms with van der Waals surface area (Å²) in [5.41, 5.74) is 0.829. The topological polar surface area (TPSA) is 124 Å². The summed E-state index contributed by atoms with van der Waals surface area (Å²) in [6.07, 6.45) is 8.69. The van der Waals surface area contributed by atoms with Gasteiger partial charge in [-0.3, -0.25) is 9.59 Å². The van der Waals surface area contributed by atoms with Gasteiger partial charge in [0.05, 0.1) is 30.4 Å². The highest BCUT2D eigenvalue weighted by molar-refractivity contribution is 5.99. The minimum Gasteiger partial charge on any atom is -0.490 e. The number of hydrogen-bond acceptors (Lipinski definition) is 7. The molecule has 0 spiro atoms. The van der Waals surface area contributed by atoms with Crippen molar-refractivity contribution in [3.63, 3.8) is 0 Å². The van der Waals surface area contributed by atoms with Gasteiger partial charge in [0.25, 0.3) is 5.91 Å². The molecule has 0 bridgehead atoms. The molecule has 0 saturated heterocycles. The standard InChI is InChI=1S/C35H59N5O6/c1-25-22-40(26(2)24-41)34(43)30-21-29(37-35(44)36-28-14-8-7-9-15-28)17-18-31(30)46-27(3)13-10-11-20-45-32(25)23-39(6)33(42)16-12-19-38(4)5/h17-18,21,25-28,32,41H,7-16,19-20,22-24H2,1-6H3,(H2,36,37,44)/t25-,26+,27+,32-/m0/s1. The van der Waals surface area contributed by atoms with Crippen LogP contribution in [0.15, 0.2) is 18.2 Å².